The van der Waals surface area contributed by atoms with Gasteiger partial charge in [-0.3, -0.25) is 0 Å². The molecule has 0 radical (unpaired) electrons. The first-order chi connectivity index (χ1) is 9.66. The van der Waals surface area contributed by atoms with Crippen LogP contribution in [0.2, 0.25) is 0 Å². The van der Waals surface area contributed by atoms with E-state index < -0.39 is 0 Å². The number of hydrogen-bond acceptors (Lipinski definition) is 6. The summed E-state index contributed by atoms with van der Waals surface area (Å²) in [5, 5.41) is 17.7. The van der Waals surface area contributed by atoms with Gasteiger partial charge in [-0.25, -0.2) is 0 Å². The molecule has 0 unspecified atom stereocenters. The third-order valence-corrected chi connectivity index (χ3v) is 2.56. The SMILES string of the molecule is COc1cc(C=C(C#N)C#N)c(OC)c(OC)c1OC. The summed E-state index contributed by atoms with van der Waals surface area (Å²) in [6, 6.07) is 5.18. The van der Waals surface area contributed by atoms with Crippen molar-refractivity contribution < 1.29 is 18.9 Å². The van der Waals surface area contributed by atoms with Crippen molar-refractivity contribution >= 4 is 6.08 Å². The molecule has 0 amide bonds. The van der Waals surface area contributed by atoms with Gasteiger partial charge in [0, 0.05) is 5.56 Å². The van der Waals surface area contributed by atoms with E-state index in [1.165, 1.54) is 34.5 Å². The molecule has 1 rings (SSSR count). The number of methoxy groups -OCH3 is 4. The zero-order valence-corrected chi connectivity index (χ0v) is 11.7. The van der Waals surface area contributed by atoms with Crippen LogP contribution in [0.3, 0.4) is 0 Å². The molecule has 0 atom stereocenters. The van der Waals surface area contributed by atoms with Crippen molar-refractivity contribution in [3.8, 4) is 35.1 Å². The van der Waals surface area contributed by atoms with Crippen LogP contribution in [-0.4, -0.2) is 28.4 Å². The van der Waals surface area contributed by atoms with Crippen molar-refractivity contribution in [1.29, 1.82) is 10.5 Å². The van der Waals surface area contributed by atoms with Gasteiger partial charge in [0.1, 0.15) is 17.7 Å². The van der Waals surface area contributed by atoms with Crippen molar-refractivity contribution in [3.63, 3.8) is 0 Å². The minimum absolute atomic E-state index is 0.0578. The lowest BCUT2D eigenvalue weighted by molar-refractivity contribution is 0.305. The van der Waals surface area contributed by atoms with Crippen molar-refractivity contribution in [2.45, 2.75) is 0 Å². The Hall–Kier alpha value is -2.86. The maximum atomic E-state index is 8.84. The standard InChI is InChI=1S/C14H14N2O4/c1-17-11-6-10(5-9(7-15)8-16)12(18-2)14(20-4)13(11)19-3/h5-6H,1-4H3. The fourth-order valence-corrected chi connectivity index (χ4v) is 1.71. The summed E-state index contributed by atoms with van der Waals surface area (Å²) >= 11 is 0. The van der Waals surface area contributed by atoms with E-state index >= 15 is 0 Å². The molecule has 6 nitrogen and oxygen atoms in total. The molecular weight excluding hydrogens is 260 g/mol. The van der Waals surface area contributed by atoms with Gasteiger partial charge >= 0.3 is 0 Å². The lowest BCUT2D eigenvalue weighted by Crippen LogP contribution is -2.00. The Morgan fingerprint density at radius 3 is 1.85 bits per heavy atom. The van der Waals surface area contributed by atoms with Crippen molar-refractivity contribution in [1.82, 2.24) is 0 Å². The van der Waals surface area contributed by atoms with Crippen LogP contribution in [0.5, 0.6) is 23.0 Å². The van der Waals surface area contributed by atoms with E-state index in [9.17, 15) is 0 Å². The second kappa shape index (κ2) is 6.91. The quantitative estimate of drug-likeness (QED) is 0.765. The topological polar surface area (TPSA) is 84.5 Å². The second-order valence-electron chi connectivity index (χ2n) is 3.55. The van der Waals surface area contributed by atoms with Crippen LogP contribution in [0.4, 0.5) is 0 Å². The normalized spacial score (nSPS) is 8.90. The lowest BCUT2D eigenvalue weighted by atomic mass is 10.1. The third kappa shape index (κ3) is 2.76. The molecule has 0 N–H and O–H groups in total. The fraction of sp³-hybridized carbons (Fsp3) is 0.286. The van der Waals surface area contributed by atoms with Crippen LogP contribution >= 0.6 is 0 Å². The maximum Gasteiger partial charge on any atom is 0.207 e. The number of rotatable bonds is 5. The number of benzene rings is 1. The molecule has 0 aromatic heterocycles. The molecule has 104 valence electrons. The van der Waals surface area contributed by atoms with Gasteiger partial charge < -0.3 is 18.9 Å². The third-order valence-electron chi connectivity index (χ3n) is 2.56. The molecule has 0 aliphatic carbocycles. The van der Waals surface area contributed by atoms with Crippen LogP contribution in [0, 0.1) is 22.7 Å². The van der Waals surface area contributed by atoms with Gasteiger partial charge in [0.15, 0.2) is 11.5 Å². The largest absolute Gasteiger partial charge is 0.493 e. The Kier molecular flexibility index (Phi) is 5.25. The van der Waals surface area contributed by atoms with E-state index in [-0.39, 0.29) is 5.57 Å². The van der Waals surface area contributed by atoms with Crippen molar-refractivity contribution in [2.75, 3.05) is 28.4 Å². The highest BCUT2D eigenvalue weighted by Crippen LogP contribution is 2.47. The summed E-state index contributed by atoms with van der Waals surface area (Å²) < 4.78 is 21.0. The molecule has 0 saturated carbocycles. The number of nitrogens with zero attached hydrogens (tertiary/aromatic N) is 2. The Labute approximate surface area is 117 Å². The van der Waals surface area contributed by atoms with E-state index in [1.54, 1.807) is 18.2 Å². The van der Waals surface area contributed by atoms with Crippen LogP contribution in [0.1, 0.15) is 5.56 Å². The van der Waals surface area contributed by atoms with Crippen LogP contribution in [0.25, 0.3) is 6.08 Å². The van der Waals surface area contributed by atoms with Crippen LogP contribution < -0.4 is 18.9 Å². The van der Waals surface area contributed by atoms with E-state index in [0.29, 0.717) is 28.6 Å². The average molecular weight is 274 g/mol. The summed E-state index contributed by atoms with van der Waals surface area (Å²) in [5.41, 5.74) is 0.428. The molecule has 0 aliphatic rings. The molecule has 0 spiro atoms. The van der Waals surface area contributed by atoms with E-state index in [1.807, 2.05) is 0 Å². The van der Waals surface area contributed by atoms with Gasteiger partial charge in [-0.1, -0.05) is 0 Å². The molecule has 20 heavy (non-hydrogen) atoms. The maximum absolute atomic E-state index is 8.84. The van der Waals surface area contributed by atoms with Gasteiger partial charge in [-0.2, -0.15) is 10.5 Å². The zero-order valence-electron chi connectivity index (χ0n) is 11.7. The molecular formula is C14H14N2O4. The Morgan fingerprint density at radius 2 is 1.45 bits per heavy atom. The van der Waals surface area contributed by atoms with Crippen LogP contribution in [0.15, 0.2) is 11.6 Å². The van der Waals surface area contributed by atoms with Gasteiger partial charge in [-0.05, 0) is 12.1 Å². The summed E-state index contributed by atoms with van der Waals surface area (Å²) in [5.74, 6) is 1.47. The van der Waals surface area contributed by atoms with Gasteiger partial charge in [0.25, 0.3) is 0 Å². The van der Waals surface area contributed by atoms with E-state index in [4.69, 9.17) is 29.5 Å². The molecule has 0 heterocycles. The Bertz CT molecular complexity index is 593. The number of ether oxygens (including phenoxy) is 4. The minimum Gasteiger partial charge on any atom is -0.493 e. The van der Waals surface area contributed by atoms with Crippen molar-refractivity contribution in [3.05, 3.63) is 17.2 Å². The first-order valence-corrected chi connectivity index (χ1v) is 5.55. The fourth-order valence-electron chi connectivity index (χ4n) is 1.71. The Morgan fingerprint density at radius 1 is 0.900 bits per heavy atom. The summed E-state index contributed by atoms with van der Waals surface area (Å²) in [7, 11) is 5.88. The summed E-state index contributed by atoms with van der Waals surface area (Å²) in [6.45, 7) is 0. The average Bonchev–Trinajstić information content (AvgIpc) is 2.50. The van der Waals surface area contributed by atoms with Gasteiger partial charge in [0.05, 0.1) is 28.4 Å². The second-order valence-corrected chi connectivity index (χ2v) is 3.55. The first-order valence-electron chi connectivity index (χ1n) is 5.55. The number of nitriles is 2. The predicted molar refractivity (Wildman–Crippen MR) is 71.9 cm³/mol. The van der Waals surface area contributed by atoms with Gasteiger partial charge in [0.2, 0.25) is 11.5 Å². The lowest BCUT2D eigenvalue weighted by Gasteiger charge is -2.17. The predicted octanol–water partition coefficient (Wildman–Crippen LogP) is 2.15. The smallest absolute Gasteiger partial charge is 0.207 e. The highest BCUT2D eigenvalue weighted by Gasteiger charge is 2.20. The molecule has 0 fully saturated rings. The van der Waals surface area contributed by atoms with Crippen molar-refractivity contribution in [2.24, 2.45) is 0 Å². The molecule has 0 bridgehead atoms. The summed E-state index contributed by atoms with van der Waals surface area (Å²) in [6.07, 6.45) is 1.39. The Balaban J connectivity index is 3.66. The molecule has 6 heteroatoms. The van der Waals surface area contributed by atoms with Gasteiger partial charge in [-0.15, -0.1) is 0 Å². The molecule has 0 aliphatic heterocycles. The zero-order chi connectivity index (χ0) is 15.1. The number of allylic oxidation sites excluding steroid dienone is 1. The molecule has 1 aromatic carbocycles. The first kappa shape index (κ1) is 15.2. The monoisotopic (exact) mass is 274 g/mol. The molecule has 0 saturated heterocycles. The summed E-state index contributed by atoms with van der Waals surface area (Å²) in [4.78, 5) is 0. The highest BCUT2D eigenvalue weighted by molar-refractivity contribution is 5.74. The molecule has 1 aromatic rings. The highest BCUT2D eigenvalue weighted by atomic mass is 16.5. The van der Waals surface area contributed by atoms with E-state index in [0.717, 1.165) is 0 Å². The number of hydrogen-bond donors (Lipinski definition) is 0. The van der Waals surface area contributed by atoms with Crippen LogP contribution in [-0.2, 0) is 0 Å². The minimum atomic E-state index is -0.0578. The van der Waals surface area contributed by atoms with E-state index in [2.05, 4.69) is 0 Å².